The molecular formula is C20H30N6O2S. The fourth-order valence-corrected chi connectivity index (χ4v) is 6.76. The molecule has 158 valence electrons. The molecule has 5 heterocycles. The summed E-state index contributed by atoms with van der Waals surface area (Å²) in [6.07, 6.45) is 7.89. The summed E-state index contributed by atoms with van der Waals surface area (Å²) < 4.78 is 4.10. The van der Waals surface area contributed by atoms with Gasteiger partial charge < -0.3 is 10.6 Å². The summed E-state index contributed by atoms with van der Waals surface area (Å²) in [5, 5.41) is 4.26. The van der Waals surface area contributed by atoms with Gasteiger partial charge in [0.05, 0.1) is 23.2 Å². The zero-order valence-corrected chi connectivity index (χ0v) is 17.7. The first-order valence-corrected chi connectivity index (χ1v) is 11.8. The van der Waals surface area contributed by atoms with Crippen molar-refractivity contribution in [1.82, 2.24) is 24.3 Å². The van der Waals surface area contributed by atoms with E-state index in [1.807, 2.05) is 0 Å². The van der Waals surface area contributed by atoms with Crippen LogP contribution in [0.2, 0.25) is 0 Å². The van der Waals surface area contributed by atoms with E-state index >= 15 is 0 Å². The van der Waals surface area contributed by atoms with Gasteiger partial charge in [0.1, 0.15) is 5.54 Å². The van der Waals surface area contributed by atoms with Gasteiger partial charge in [-0.25, -0.2) is 0 Å². The average Bonchev–Trinajstić information content (AvgIpc) is 3.34. The van der Waals surface area contributed by atoms with Crippen molar-refractivity contribution in [3.8, 4) is 0 Å². The minimum absolute atomic E-state index is 0.166. The Morgan fingerprint density at radius 3 is 2.59 bits per heavy atom. The van der Waals surface area contributed by atoms with E-state index in [1.54, 1.807) is 0 Å². The summed E-state index contributed by atoms with van der Waals surface area (Å²) in [6.45, 7) is 3.86. The number of aromatic nitrogens is 2. The Bertz CT molecular complexity index is 784. The van der Waals surface area contributed by atoms with E-state index in [1.165, 1.54) is 22.8 Å². The molecule has 0 radical (unpaired) electrons. The van der Waals surface area contributed by atoms with Gasteiger partial charge in [-0.3, -0.25) is 19.4 Å². The number of amides is 2. The van der Waals surface area contributed by atoms with Crippen LogP contribution in [0.1, 0.15) is 61.6 Å². The molecule has 0 saturated carbocycles. The Morgan fingerprint density at radius 1 is 1.10 bits per heavy atom. The second-order valence-electron chi connectivity index (χ2n) is 9.06. The molecule has 2 atom stereocenters. The number of carbonyl (C=O) groups is 2. The molecule has 1 aromatic heterocycles. The molecule has 2 amide bonds. The summed E-state index contributed by atoms with van der Waals surface area (Å²) in [4.78, 5) is 33.4. The first kappa shape index (κ1) is 19.4. The molecule has 29 heavy (non-hydrogen) atoms. The van der Waals surface area contributed by atoms with Crippen LogP contribution in [0.4, 0.5) is 0 Å². The SMILES string of the molecule is NC(=O)C1(N2CCCCC2)CCN(CC(=O)N2[C@@H]3CC[C@H]2c2snnc2C3)CC1. The van der Waals surface area contributed by atoms with Crippen LogP contribution in [-0.4, -0.2) is 80.4 Å². The third-order valence-electron chi connectivity index (χ3n) is 7.57. The summed E-state index contributed by atoms with van der Waals surface area (Å²) in [5.41, 5.74) is 6.47. The fourth-order valence-electron chi connectivity index (χ4n) is 5.95. The number of primary amides is 1. The van der Waals surface area contributed by atoms with Crippen LogP contribution in [-0.2, 0) is 16.0 Å². The maximum Gasteiger partial charge on any atom is 0.238 e. The van der Waals surface area contributed by atoms with Crippen LogP contribution >= 0.6 is 11.5 Å². The number of likely N-dealkylation sites (tertiary alicyclic amines) is 2. The first-order valence-electron chi connectivity index (χ1n) is 11.0. The molecule has 2 N–H and O–H groups in total. The van der Waals surface area contributed by atoms with Crippen molar-refractivity contribution in [2.24, 2.45) is 5.73 Å². The topological polar surface area (TPSA) is 95.7 Å². The van der Waals surface area contributed by atoms with Gasteiger partial charge >= 0.3 is 0 Å². The Morgan fingerprint density at radius 2 is 1.86 bits per heavy atom. The Hall–Kier alpha value is -1.58. The molecule has 0 aliphatic carbocycles. The summed E-state index contributed by atoms with van der Waals surface area (Å²) >= 11 is 1.45. The van der Waals surface area contributed by atoms with Gasteiger partial charge in [-0.2, -0.15) is 0 Å². The highest BCUT2D eigenvalue weighted by Gasteiger charge is 2.47. The summed E-state index contributed by atoms with van der Waals surface area (Å²) in [7, 11) is 0. The normalized spacial score (nSPS) is 29.6. The Labute approximate surface area is 175 Å². The highest BCUT2D eigenvalue weighted by Crippen LogP contribution is 2.44. The van der Waals surface area contributed by atoms with Gasteiger partial charge in [0.25, 0.3) is 0 Å². The van der Waals surface area contributed by atoms with Crippen LogP contribution in [0.5, 0.6) is 0 Å². The van der Waals surface area contributed by atoms with Crippen molar-refractivity contribution < 1.29 is 9.59 Å². The molecule has 0 aromatic carbocycles. The van der Waals surface area contributed by atoms with E-state index in [9.17, 15) is 9.59 Å². The van der Waals surface area contributed by atoms with Crippen molar-refractivity contribution in [2.45, 2.75) is 69.0 Å². The molecule has 4 aliphatic heterocycles. The predicted molar refractivity (Wildman–Crippen MR) is 109 cm³/mol. The van der Waals surface area contributed by atoms with Gasteiger partial charge in [-0.15, -0.1) is 5.10 Å². The molecule has 1 aromatic rings. The number of nitrogens with zero attached hydrogens (tertiary/aromatic N) is 5. The van der Waals surface area contributed by atoms with E-state index in [-0.39, 0.29) is 23.9 Å². The van der Waals surface area contributed by atoms with Gasteiger partial charge in [0.2, 0.25) is 11.8 Å². The monoisotopic (exact) mass is 418 g/mol. The number of nitrogens with two attached hydrogens (primary N) is 1. The molecule has 2 bridgehead atoms. The molecule has 4 aliphatic rings. The maximum atomic E-state index is 13.2. The summed E-state index contributed by atoms with van der Waals surface area (Å²) in [6, 6.07) is 0.436. The Kier molecular flexibility index (Phi) is 5.08. The van der Waals surface area contributed by atoms with E-state index in [2.05, 4.69) is 24.3 Å². The van der Waals surface area contributed by atoms with Crippen molar-refractivity contribution in [3.63, 3.8) is 0 Å². The van der Waals surface area contributed by atoms with Crippen LogP contribution in [0.3, 0.4) is 0 Å². The third kappa shape index (κ3) is 3.27. The number of hydrogen-bond donors (Lipinski definition) is 1. The summed E-state index contributed by atoms with van der Waals surface area (Å²) in [5.74, 6) is 0.0192. The smallest absolute Gasteiger partial charge is 0.238 e. The van der Waals surface area contributed by atoms with Gasteiger partial charge in [-0.05, 0) is 63.1 Å². The first-order chi connectivity index (χ1) is 14.1. The molecule has 3 fully saturated rings. The van der Waals surface area contributed by atoms with Gasteiger partial charge in [0.15, 0.2) is 0 Å². The average molecular weight is 419 g/mol. The van der Waals surface area contributed by atoms with E-state index < -0.39 is 5.54 Å². The number of fused-ring (bicyclic) bond motifs is 4. The van der Waals surface area contributed by atoms with Gasteiger partial charge in [-0.1, -0.05) is 10.9 Å². The molecule has 5 rings (SSSR count). The number of piperidine rings is 2. The lowest BCUT2D eigenvalue weighted by atomic mass is 9.83. The predicted octanol–water partition coefficient (Wildman–Crippen LogP) is 0.932. The number of rotatable bonds is 4. The lowest BCUT2D eigenvalue weighted by Gasteiger charge is -2.48. The minimum Gasteiger partial charge on any atom is -0.368 e. The van der Waals surface area contributed by atoms with Crippen molar-refractivity contribution in [2.75, 3.05) is 32.7 Å². The number of hydrogen-bond acceptors (Lipinski definition) is 7. The highest BCUT2D eigenvalue weighted by atomic mass is 32.1. The molecule has 3 saturated heterocycles. The zero-order chi connectivity index (χ0) is 20.0. The molecular weight excluding hydrogens is 388 g/mol. The lowest BCUT2D eigenvalue weighted by Crippen LogP contribution is -2.63. The largest absolute Gasteiger partial charge is 0.368 e. The van der Waals surface area contributed by atoms with Gasteiger partial charge in [0, 0.05) is 25.6 Å². The molecule has 0 spiro atoms. The van der Waals surface area contributed by atoms with Crippen molar-refractivity contribution in [1.29, 1.82) is 0 Å². The lowest BCUT2D eigenvalue weighted by molar-refractivity contribution is -0.138. The van der Waals surface area contributed by atoms with Crippen molar-refractivity contribution >= 4 is 23.3 Å². The molecule has 9 heteroatoms. The second kappa shape index (κ2) is 7.59. The van der Waals surface area contributed by atoms with Crippen molar-refractivity contribution in [3.05, 3.63) is 10.6 Å². The standard InChI is InChI=1S/C20H30N6O2S/c21-19(28)20(25-8-2-1-3-9-25)6-10-24(11-7-20)13-17(27)26-14-4-5-16(26)18-15(12-14)22-23-29-18/h14,16H,1-13H2,(H2,21,28)/t14-,16+/m1/s1. The van der Waals surface area contributed by atoms with Crippen LogP contribution in [0.15, 0.2) is 0 Å². The maximum absolute atomic E-state index is 13.2. The zero-order valence-electron chi connectivity index (χ0n) is 16.9. The molecule has 8 nitrogen and oxygen atoms in total. The Balaban J connectivity index is 1.23. The minimum atomic E-state index is -0.521. The fraction of sp³-hybridized carbons (Fsp3) is 0.800. The van der Waals surface area contributed by atoms with E-state index in [0.29, 0.717) is 6.54 Å². The van der Waals surface area contributed by atoms with E-state index in [0.717, 1.165) is 76.8 Å². The number of carbonyl (C=O) groups excluding carboxylic acids is 2. The van der Waals surface area contributed by atoms with E-state index in [4.69, 9.17) is 5.73 Å². The highest BCUT2D eigenvalue weighted by molar-refractivity contribution is 7.05. The quantitative estimate of drug-likeness (QED) is 0.782. The third-order valence-corrected chi connectivity index (χ3v) is 8.44. The van der Waals surface area contributed by atoms with Crippen LogP contribution in [0.25, 0.3) is 0 Å². The second-order valence-corrected chi connectivity index (χ2v) is 9.84. The molecule has 0 unspecified atom stereocenters. The van der Waals surface area contributed by atoms with Crippen LogP contribution < -0.4 is 5.73 Å². The van der Waals surface area contributed by atoms with Crippen LogP contribution in [0, 0.1) is 0 Å².